The van der Waals surface area contributed by atoms with Gasteiger partial charge in [0.2, 0.25) is 5.91 Å². The monoisotopic (exact) mass is 329 g/mol. The van der Waals surface area contributed by atoms with Gasteiger partial charge in [-0.3, -0.25) is 9.59 Å². The standard InChI is InChI=1S/C17H13F2N3O2/c18-12-7-4-8-13(19)16(12)20-17(24)14-9-10-15(23)22(21-14)11-5-2-1-3-6-11/h1-8H,9-10H2,(H,20,24). The first kappa shape index (κ1) is 15.8. The normalized spacial score (nSPS) is 14.3. The van der Waals surface area contributed by atoms with E-state index < -0.39 is 23.2 Å². The summed E-state index contributed by atoms with van der Waals surface area (Å²) in [5, 5.41) is 7.33. The highest BCUT2D eigenvalue weighted by atomic mass is 19.1. The molecule has 1 heterocycles. The molecule has 0 fully saturated rings. The quantitative estimate of drug-likeness (QED) is 0.940. The molecule has 0 spiro atoms. The zero-order chi connectivity index (χ0) is 17.1. The van der Waals surface area contributed by atoms with Crippen molar-refractivity contribution in [3.63, 3.8) is 0 Å². The van der Waals surface area contributed by atoms with Crippen LogP contribution in [0.3, 0.4) is 0 Å². The van der Waals surface area contributed by atoms with Gasteiger partial charge in [-0.15, -0.1) is 0 Å². The minimum atomic E-state index is -0.879. The molecule has 0 saturated carbocycles. The average Bonchev–Trinajstić information content (AvgIpc) is 2.59. The number of hydrazone groups is 1. The van der Waals surface area contributed by atoms with Crippen molar-refractivity contribution < 1.29 is 18.4 Å². The molecule has 0 atom stereocenters. The smallest absolute Gasteiger partial charge is 0.272 e. The van der Waals surface area contributed by atoms with E-state index in [2.05, 4.69) is 10.4 Å². The second-order valence-electron chi connectivity index (χ2n) is 5.14. The van der Waals surface area contributed by atoms with Crippen molar-refractivity contribution in [2.24, 2.45) is 5.10 Å². The Morgan fingerprint density at radius 1 is 1.00 bits per heavy atom. The van der Waals surface area contributed by atoms with Crippen LogP contribution >= 0.6 is 0 Å². The Morgan fingerprint density at radius 3 is 2.33 bits per heavy atom. The number of benzene rings is 2. The zero-order valence-electron chi connectivity index (χ0n) is 12.5. The Balaban J connectivity index is 1.86. The van der Waals surface area contributed by atoms with Crippen molar-refractivity contribution in [2.75, 3.05) is 10.3 Å². The summed E-state index contributed by atoms with van der Waals surface area (Å²) in [6.45, 7) is 0. The minimum absolute atomic E-state index is 0.0288. The Morgan fingerprint density at radius 2 is 1.67 bits per heavy atom. The van der Waals surface area contributed by atoms with Gasteiger partial charge in [0.15, 0.2) is 0 Å². The molecule has 2 aromatic rings. The number of nitrogens with zero attached hydrogens (tertiary/aromatic N) is 2. The maximum absolute atomic E-state index is 13.6. The lowest BCUT2D eigenvalue weighted by Crippen LogP contribution is -2.36. The first-order valence-corrected chi connectivity index (χ1v) is 7.27. The number of hydrogen-bond donors (Lipinski definition) is 1. The summed E-state index contributed by atoms with van der Waals surface area (Å²) in [5.74, 6) is -2.76. The summed E-state index contributed by atoms with van der Waals surface area (Å²) in [6.07, 6.45) is 0.185. The molecule has 0 aliphatic carbocycles. The molecule has 7 heteroatoms. The third-order valence-electron chi connectivity index (χ3n) is 3.50. The highest BCUT2D eigenvalue weighted by Crippen LogP contribution is 2.22. The van der Waals surface area contributed by atoms with Crippen LogP contribution in [0.5, 0.6) is 0 Å². The number of halogens is 2. The molecule has 0 unspecified atom stereocenters. The van der Waals surface area contributed by atoms with Gasteiger partial charge in [-0.1, -0.05) is 24.3 Å². The second-order valence-corrected chi connectivity index (χ2v) is 5.14. The van der Waals surface area contributed by atoms with E-state index in [1.165, 1.54) is 6.07 Å². The SMILES string of the molecule is O=C(Nc1c(F)cccc1F)C1=NN(c2ccccc2)C(=O)CC1. The van der Waals surface area contributed by atoms with E-state index in [9.17, 15) is 18.4 Å². The lowest BCUT2D eigenvalue weighted by molar-refractivity contribution is -0.118. The largest absolute Gasteiger partial charge is 0.316 e. The number of anilines is 2. The van der Waals surface area contributed by atoms with Crippen LogP contribution in [0.25, 0.3) is 0 Å². The van der Waals surface area contributed by atoms with Crippen molar-refractivity contribution in [2.45, 2.75) is 12.8 Å². The van der Waals surface area contributed by atoms with Crippen molar-refractivity contribution in [1.29, 1.82) is 0 Å². The van der Waals surface area contributed by atoms with Crippen LogP contribution in [0, 0.1) is 11.6 Å². The van der Waals surface area contributed by atoms with E-state index in [1.807, 2.05) is 0 Å². The van der Waals surface area contributed by atoms with E-state index in [1.54, 1.807) is 30.3 Å². The summed E-state index contributed by atoms with van der Waals surface area (Å²) in [7, 11) is 0. The lowest BCUT2D eigenvalue weighted by Gasteiger charge is -2.23. The van der Waals surface area contributed by atoms with Gasteiger partial charge >= 0.3 is 0 Å². The van der Waals surface area contributed by atoms with Gasteiger partial charge in [-0.05, 0) is 24.3 Å². The third-order valence-corrected chi connectivity index (χ3v) is 3.50. The van der Waals surface area contributed by atoms with E-state index >= 15 is 0 Å². The highest BCUT2D eigenvalue weighted by Gasteiger charge is 2.26. The van der Waals surface area contributed by atoms with Crippen LogP contribution in [0.2, 0.25) is 0 Å². The molecule has 122 valence electrons. The van der Waals surface area contributed by atoms with Crippen LogP contribution in [0.15, 0.2) is 53.6 Å². The van der Waals surface area contributed by atoms with Crippen LogP contribution in [-0.2, 0) is 9.59 Å². The van der Waals surface area contributed by atoms with Crippen molar-refractivity contribution >= 4 is 28.9 Å². The summed E-state index contributed by atoms with van der Waals surface area (Å²) in [5.41, 5.74) is 0.0130. The number of rotatable bonds is 3. The molecular formula is C17H13F2N3O2. The Kier molecular flexibility index (Phi) is 4.33. The first-order valence-electron chi connectivity index (χ1n) is 7.27. The van der Waals surface area contributed by atoms with Crippen molar-refractivity contribution in [3.05, 3.63) is 60.2 Å². The van der Waals surface area contributed by atoms with Gasteiger partial charge in [-0.25, -0.2) is 13.8 Å². The van der Waals surface area contributed by atoms with Gasteiger partial charge in [0, 0.05) is 12.8 Å². The fraction of sp³-hybridized carbons (Fsp3) is 0.118. The lowest BCUT2D eigenvalue weighted by atomic mass is 10.1. The fourth-order valence-corrected chi connectivity index (χ4v) is 2.29. The van der Waals surface area contributed by atoms with E-state index in [0.29, 0.717) is 5.69 Å². The molecule has 1 aliphatic heterocycles. The first-order chi connectivity index (χ1) is 11.6. The molecule has 3 rings (SSSR count). The Hall–Kier alpha value is -3.09. The van der Waals surface area contributed by atoms with Gasteiger partial charge in [0.1, 0.15) is 23.0 Å². The number of carbonyl (C=O) groups excluding carboxylic acids is 2. The summed E-state index contributed by atoms with van der Waals surface area (Å²) >= 11 is 0. The molecule has 5 nitrogen and oxygen atoms in total. The molecule has 1 aliphatic rings. The molecule has 0 aromatic heterocycles. The molecule has 0 saturated heterocycles. The molecule has 2 aromatic carbocycles. The Labute approximate surface area is 136 Å². The summed E-state index contributed by atoms with van der Waals surface area (Å²) in [4.78, 5) is 24.2. The maximum atomic E-state index is 13.6. The van der Waals surface area contributed by atoms with E-state index in [-0.39, 0.29) is 24.5 Å². The number of carbonyl (C=O) groups is 2. The van der Waals surface area contributed by atoms with E-state index in [4.69, 9.17) is 0 Å². The third kappa shape index (κ3) is 3.15. The molecule has 24 heavy (non-hydrogen) atoms. The molecule has 2 amide bonds. The van der Waals surface area contributed by atoms with Crippen LogP contribution in [-0.4, -0.2) is 17.5 Å². The topological polar surface area (TPSA) is 61.8 Å². The molecule has 0 radical (unpaired) electrons. The highest BCUT2D eigenvalue weighted by molar-refractivity contribution is 6.44. The van der Waals surface area contributed by atoms with Crippen molar-refractivity contribution in [3.8, 4) is 0 Å². The average molecular weight is 329 g/mol. The summed E-state index contributed by atoms with van der Waals surface area (Å²) < 4.78 is 27.2. The number of para-hydroxylation sites is 2. The molecule has 1 N–H and O–H groups in total. The Bertz CT molecular complexity index is 802. The number of nitrogens with one attached hydrogen (secondary N) is 1. The van der Waals surface area contributed by atoms with E-state index in [0.717, 1.165) is 17.1 Å². The predicted molar refractivity (Wildman–Crippen MR) is 85.6 cm³/mol. The molecular weight excluding hydrogens is 316 g/mol. The zero-order valence-corrected chi connectivity index (χ0v) is 12.5. The minimum Gasteiger partial charge on any atom is -0.316 e. The van der Waals surface area contributed by atoms with Crippen LogP contribution in [0.1, 0.15) is 12.8 Å². The van der Waals surface area contributed by atoms with Gasteiger partial charge in [0.05, 0.1) is 5.69 Å². The van der Waals surface area contributed by atoms with Gasteiger partial charge < -0.3 is 5.32 Å². The van der Waals surface area contributed by atoms with Gasteiger partial charge in [-0.2, -0.15) is 5.10 Å². The van der Waals surface area contributed by atoms with Crippen LogP contribution < -0.4 is 10.3 Å². The summed E-state index contributed by atoms with van der Waals surface area (Å²) in [6, 6.07) is 11.9. The predicted octanol–water partition coefficient (Wildman–Crippen LogP) is 3.09. The van der Waals surface area contributed by atoms with Gasteiger partial charge in [0.25, 0.3) is 5.91 Å². The molecule has 0 bridgehead atoms. The number of amides is 2. The van der Waals surface area contributed by atoms with Crippen LogP contribution in [0.4, 0.5) is 20.2 Å². The fourth-order valence-electron chi connectivity index (χ4n) is 2.29. The van der Waals surface area contributed by atoms with Crippen molar-refractivity contribution in [1.82, 2.24) is 0 Å². The second kappa shape index (κ2) is 6.57. The maximum Gasteiger partial charge on any atom is 0.272 e. The number of hydrogen-bond acceptors (Lipinski definition) is 3.